The van der Waals surface area contributed by atoms with Crippen molar-refractivity contribution in [2.45, 2.75) is 44.3 Å². The van der Waals surface area contributed by atoms with Gasteiger partial charge in [-0.25, -0.2) is 4.98 Å². The molecule has 3 N–H and O–H groups in total. The minimum absolute atomic E-state index is 0.0922. The number of amides is 3. The van der Waals surface area contributed by atoms with Gasteiger partial charge in [-0.2, -0.15) is 0 Å². The Bertz CT molecular complexity index is 980. The minimum atomic E-state index is -0.744. The topological polar surface area (TPSA) is 103 Å². The third-order valence-corrected chi connectivity index (χ3v) is 6.03. The molecule has 4 rings (SSSR count). The fraction of sp³-hybridized carbons (Fsp3) is 0.391. The fourth-order valence-electron chi connectivity index (χ4n) is 4.18. The van der Waals surface area contributed by atoms with E-state index in [1.807, 2.05) is 30.3 Å². The van der Waals surface area contributed by atoms with Gasteiger partial charge in [0.05, 0.1) is 5.56 Å². The molecule has 0 saturated carbocycles. The van der Waals surface area contributed by atoms with Gasteiger partial charge in [0.1, 0.15) is 17.5 Å². The molecule has 0 radical (unpaired) electrons. The molecule has 2 aliphatic heterocycles. The smallest absolute Gasteiger partial charge is 0.256 e. The molecule has 1 saturated heterocycles. The van der Waals surface area contributed by atoms with Crippen molar-refractivity contribution in [3.63, 3.8) is 0 Å². The highest BCUT2D eigenvalue weighted by atomic mass is 16.2. The number of benzene rings is 1. The van der Waals surface area contributed by atoms with E-state index in [2.05, 4.69) is 20.9 Å². The summed E-state index contributed by atoms with van der Waals surface area (Å²) in [5.74, 6) is 0.0617. The van der Waals surface area contributed by atoms with Crippen LogP contribution in [0.15, 0.2) is 48.7 Å². The number of hydrogen-bond donors (Lipinski definition) is 3. The first kappa shape index (κ1) is 20.8. The van der Waals surface area contributed by atoms with E-state index in [1.165, 1.54) is 0 Å². The normalized spacial score (nSPS) is 21.5. The lowest BCUT2D eigenvalue weighted by atomic mass is 9.97. The molecule has 0 aliphatic carbocycles. The highest BCUT2D eigenvalue weighted by molar-refractivity contribution is 6.01. The van der Waals surface area contributed by atoms with Crippen molar-refractivity contribution in [1.82, 2.24) is 20.5 Å². The molecule has 2 aliphatic rings. The van der Waals surface area contributed by atoms with Gasteiger partial charge in [0.15, 0.2) is 0 Å². The molecular formula is C23H27N5O3. The highest BCUT2D eigenvalue weighted by Gasteiger charge is 2.42. The number of fused-ring (bicyclic) bond motifs is 1. The molecule has 0 bridgehead atoms. The predicted molar refractivity (Wildman–Crippen MR) is 116 cm³/mol. The fourth-order valence-corrected chi connectivity index (χ4v) is 4.18. The van der Waals surface area contributed by atoms with Gasteiger partial charge in [-0.1, -0.05) is 30.3 Å². The molecule has 2 aromatic rings. The van der Waals surface area contributed by atoms with Crippen molar-refractivity contribution in [3.8, 4) is 0 Å². The molecule has 162 valence electrons. The second-order valence-corrected chi connectivity index (χ2v) is 8.10. The summed E-state index contributed by atoms with van der Waals surface area (Å²) in [6.45, 7) is 2.62. The van der Waals surface area contributed by atoms with E-state index < -0.39 is 11.7 Å². The number of carbonyl (C=O) groups excluding carboxylic acids is 3. The lowest BCUT2D eigenvalue weighted by Gasteiger charge is -2.39. The molecule has 3 heterocycles. The lowest BCUT2D eigenvalue weighted by Crippen LogP contribution is -2.58. The van der Waals surface area contributed by atoms with E-state index in [-0.39, 0.29) is 24.1 Å². The van der Waals surface area contributed by atoms with Gasteiger partial charge in [-0.15, -0.1) is 0 Å². The maximum absolute atomic E-state index is 12.8. The second-order valence-electron chi connectivity index (χ2n) is 8.10. The molecule has 1 aromatic heterocycles. The molecule has 1 spiro atoms. The summed E-state index contributed by atoms with van der Waals surface area (Å²) >= 11 is 0. The van der Waals surface area contributed by atoms with Crippen LogP contribution in [0, 0.1) is 0 Å². The average molecular weight is 422 g/mol. The van der Waals surface area contributed by atoms with Crippen LogP contribution in [-0.2, 0) is 16.0 Å². The summed E-state index contributed by atoms with van der Waals surface area (Å²) in [5.41, 5.74) is 0.898. The summed E-state index contributed by atoms with van der Waals surface area (Å²) < 4.78 is 0. The minimum Gasteiger partial charge on any atom is -0.354 e. The van der Waals surface area contributed by atoms with Crippen LogP contribution in [0.25, 0.3) is 0 Å². The first-order chi connectivity index (χ1) is 15.0. The van der Waals surface area contributed by atoms with Crippen molar-refractivity contribution in [2.75, 3.05) is 18.4 Å². The van der Waals surface area contributed by atoms with Crippen LogP contribution >= 0.6 is 0 Å². The Hall–Kier alpha value is -3.42. The van der Waals surface area contributed by atoms with Crippen molar-refractivity contribution in [3.05, 3.63) is 59.8 Å². The monoisotopic (exact) mass is 421 g/mol. The van der Waals surface area contributed by atoms with Crippen molar-refractivity contribution in [1.29, 1.82) is 0 Å². The summed E-state index contributed by atoms with van der Waals surface area (Å²) in [7, 11) is 0. The van der Waals surface area contributed by atoms with E-state index >= 15 is 0 Å². The zero-order valence-electron chi connectivity index (χ0n) is 17.6. The number of hydrogen-bond acceptors (Lipinski definition) is 5. The molecular weight excluding hydrogens is 394 g/mol. The third kappa shape index (κ3) is 4.52. The molecule has 1 aromatic carbocycles. The van der Waals surface area contributed by atoms with Crippen LogP contribution in [0.2, 0.25) is 0 Å². The SMILES string of the molecule is CC(C(=O)NCCc1ccccc1)N1CCC2(CCC1=O)NC(=O)c1cccnc1N2. The van der Waals surface area contributed by atoms with Crippen molar-refractivity contribution < 1.29 is 14.4 Å². The number of likely N-dealkylation sites (tertiary alicyclic amines) is 1. The van der Waals surface area contributed by atoms with E-state index in [0.29, 0.717) is 37.3 Å². The van der Waals surface area contributed by atoms with Gasteiger partial charge in [-0.05, 0) is 37.5 Å². The van der Waals surface area contributed by atoms with Gasteiger partial charge in [0, 0.05) is 32.1 Å². The largest absolute Gasteiger partial charge is 0.354 e. The molecule has 2 atom stereocenters. The van der Waals surface area contributed by atoms with Gasteiger partial charge < -0.3 is 20.9 Å². The number of rotatable bonds is 5. The summed E-state index contributed by atoms with van der Waals surface area (Å²) in [4.78, 5) is 43.9. The van der Waals surface area contributed by atoms with Gasteiger partial charge in [0.2, 0.25) is 11.8 Å². The third-order valence-electron chi connectivity index (χ3n) is 6.03. The van der Waals surface area contributed by atoms with E-state index in [1.54, 1.807) is 30.2 Å². The summed E-state index contributed by atoms with van der Waals surface area (Å²) in [5, 5.41) is 9.27. The Morgan fingerprint density at radius 2 is 1.97 bits per heavy atom. The van der Waals surface area contributed by atoms with Crippen LogP contribution in [0.3, 0.4) is 0 Å². The van der Waals surface area contributed by atoms with Crippen LogP contribution in [-0.4, -0.2) is 52.4 Å². The number of nitrogens with one attached hydrogen (secondary N) is 3. The molecule has 2 unspecified atom stereocenters. The van der Waals surface area contributed by atoms with Crippen LogP contribution < -0.4 is 16.0 Å². The zero-order valence-corrected chi connectivity index (χ0v) is 17.6. The molecule has 1 fully saturated rings. The lowest BCUT2D eigenvalue weighted by molar-refractivity contribution is -0.139. The number of carbonyl (C=O) groups is 3. The highest BCUT2D eigenvalue weighted by Crippen LogP contribution is 2.30. The van der Waals surface area contributed by atoms with E-state index in [9.17, 15) is 14.4 Å². The zero-order chi connectivity index (χ0) is 21.8. The van der Waals surface area contributed by atoms with Crippen LogP contribution in [0.1, 0.15) is 42.1 Å². The Morgan fingerprint density at radius 1 is 1.16 bits per heavy atom. The Labute approximate surface area is 181 Å². The predicted octanol–water partition coefficient (Wildman–Crippen LogP) is 1.69. The van der Waals surface area contributed by atoms with E-state index in [4.69, 9.17) is 0 Å². The summed E-state index contributed by atoms with van der Waals surface area (Å²) in [6.07, 6.45) is 3.53. The Morgan fingerprint density at radius 3 is 2.77 bits per heavy atom. The first-order valence-corrected chi connectivity index (χ1v) is 10.6. The van der Waals surface area contributed by atoms with Gasteiger partial charge in [-0.3, -0.25) is 14.4 Å². The van der Waals surface area contributed by atoms with Crippen molar-refractivity contribution >= 4 is 23.5 Å². The number of aromatic nitrogens is 1. The van der Waals surface area contributed by atoms with Crippen molar-refractivity contribution in [2.24, 2.45) is 0 Å². The number of nitrogens with zero attached hydrogens (tertiary/aromatic N) is 2. The number of pyridine rings is 1. The molecule has 8 nitrogen and oxygen atoms in total. The maximum Gasteiger partial charge on any atom is 0.256 e. The molecule has 8 heteroatoms. The Balaban J connectivity index is 1.37. The maximum atomic E-state index is 12.8. The standard InChI is InChI=1S/C23H27N5O3/c1-16(21(30)25-14-10-17-6-3-2-4-7-17)28-15-12-23(11-9-19(28)29)26-20-18(22(31)27-23)8-5-13-24-20/h2-8,13,16H,9-12,14-15H2,1H3,(H,24,26)(H,25,30)(H,27,31). The second kappa shape index (κ2) is 8.75. The first-order valence-electron chi connectivity index (χ1n) is 10.6. The Kier molecular flexibility index (Phi) is 5.88. The van der Waals surface area contributed by atoms with E-state index in [0.717, 1.165) is 12.0 Å². The number of anilines is 1. The van der Waals surface area contributed by atoms with Crippen LogP contribution in [0.5, 0.6) is 0 Å². The average Bonchev–Trinajstić information content (AvgIpc) is 2.93. The quantitative estimate of drug-likeness (QED) is 0.682. The van der Waals surface area contributed by atoms with Gasteiger partial charge >= 0.3 is 0 Å². The summed E-state index contributed by atoms with van der Waals surface area (Å²) in [6, 6.07) is 12.8. The molecule has 3 amide bonds. The molecule has 31 heavy (non-hydrogen) atoms. The van der Waals surface area contributed by atoms with Gasteiger partial charge in [0.25, 0.3) is 5.91 Å². The van der Waals surface area contributed by atoms with Crippen LogP contribution in [0.4, 0.5) is 5.82 Å².